The molecule has 0 spiro atoms. The summed E-state index contributed by atoms with van der Waals surface area (Å²) in [7, 11) is 0. The van der Waals surface area contributed by atoms with Gasteiger partial charge in [-0.3, -0.25) is 9.36 Å². The maximum atomic E-state index is 13.5. The zero-order chi connectivity index (χ0) is 20.7. The Morgan fingerprint density at radius 3 is 2.67 bits per heavy atom. The van der Waals surface area contributed by atoms with Crippen molar-refractivity contribution in [3.63, 3.8) is 0 Å². The second-order valence-corrected chi connectivity index (χ2v) is 8.41. The smallest absolute Gasteiger partial charge is 0.261 e. The number of aliphatic hydroxyl groups is 1. The second kappa shape index (κ2) is 7.65. The van der Waals surface area contributed by atoms with Crippen LogP contribution >= 0.6 is 0 Å². The highest BCUT2D eigenvalue weighted by Crippen LogP contribution is 2.30. The molecule has 0 amide bonds. The molecule has 0 bridgehead atoms. The van der Waals surface area contributed by atoms with Gasteiger partial charge in [0.05, 0.1) is 29.4 Å². The quantitative estimate of drug-likeness (QED) is 0.533. The molecule has 2 aromatic carbocycles. The van der Waals surface area contributed by atoms with Crippen LogP contribution in [0.15, 0.2) is 59.8 Å². The SMILES string of the molecule is Cc1ccc(Cc2cc3c(=O)n([C@H]4CCCCC4O)cnc3c3ccccc23)c[nH+]1. The average Bonchev–Trinajstić information content (AvgIpc) is 2.77. The first-order chi connectivity index (χ1) is 14.6. The predicted octanol–water partition coefficient (Wildman–Crippen LogP) is 3.74. The van der Waals surface area contributed by atoms with Crippen LogP contribution < -0.4 is 10.5 Å². The fraction of sp³-hybridized carbons (Fsp3) is 0.320. The van der Waals surface area contributed by atoms with Crippen LogP contribution in [0.3, 0.4) is 0 Å². The zero-order valence-electron chi connectivity index (χ0n) is 17.1. The lowest BCUT2D eigenvalue weighted by molar-refractivity contribution is -0.388. The van der Waals surface area contributed by atoms with E-state index in [9.17, 15) is 9.90 Å². The maximum Gasteiger partial charge on any atom is 0.261 e. The third-order valence-corrected chi connectivity index (χ3v) is 6.36. The van der Waals surface area contributed by atoms with E-state index < -0.39 is 6.10 Å². The third kappa shape index (κ3) is 3.29. The van der Waals surface area contributed by atoms with Gasteiger partial charge in [0.1, 0.15) is 0 Å². The molecule has 2 aromatic heterocycles. The van der Waals surface area contributed by atoms with Crippen LogP contribution in [-0.2, 0) is 6.42 Å². The monoisotopic (exact) mass is 400 g/mol. The number of pyridine rings is 1. The molecule has 30 heavy (non-hydrogen) atoms. The summed E-state index contributed by atoms with van der Waals surface area (Å²) < 4.78 is 1.66. The summed E-state index contributed by atoms with van der Waals surface area (Å²) in [5.74, 6) is 0. The van der Waals surface area contributed by atoms with Crippen LogP contribution in [0.25, 0.3) is 21.7 Å². The number of aromatic nitrogens is 3. The van der Waals surface area contributed by atoms with Gasteiger partial charge in [-0.25, -0.2) is 9.97 Å². The Hall–Kier alpha value is -3.05. The summed E-state index contributed by atoms with van der Waals surface area (Å²) in [4.78, 5) is 21.4. The highest BCUT2D eigenvalue weighted by Gasteiger charge is 2.26. The van der Waals surface area contributed by atoms with Crippen LogP contribution in [-0.4, -0.2) is 20.8 Å². The number of benzene rings is 2. The van der Waals surface area contributed by atoms with Crippen LogP contribution in [0.5, 0.6) is 0 Å². The van der Waals surface area contributed by atoms with E-state index in [1.807, 2.05) is 37.4 Å². The Labute approximate surface area is 175 Å². The highest BCUT2D eigenvalue weighted by molar-refractivity contribution is 6.06. The second-order valence-electron chi connectivity index (χ2n) is 8.41. The molecule has 2 atom stereocenters. The molecule has 152 valence electrons. The van der Waals surface area contributed by atoms with E-state index >= 15 is 0 Å². The van der Waals surface area contributed by atoms with E-state index in [4.69, 9.17) is 0 Å². The molecule has 1 aliphatic rings. The Kier molecular flexibility index (Phi) is 4.83. The van der Waals surface area contributed by atoms with Crippen molar-refractivity contribution in [1.82, 2.24) is 9.55 Å². The molecule has 0 radical (unpaired) electrons. The van der Waals surface area contributed by atoms with Gasteiger partial charge < -0.3 is 5.11 Å². The molecule has 1 aliphatic carbocycles. The fourth-order valence-electron chi connectivity index (χ4n) is 4.71. The molecular weight excluding hydrogens is 374 g/mol. The van der Waals surface area contributed by atoms with E-state index in [0.717, 1.165) is 65.2 Å². The van der Waals surface area contributed by atoms with Crippen molar-refractivity contribution < 1.29 is 10.1 Å². The first kappa shape index (κ1) is 18.9. The average molecular weight is 401 g/mol. The topological polar surface area (TPSA) is 69.3 Å². The molecule has 1 fully saturated rings. The van der Waals surface area contributed by atoms with Crippen molar-refractivity contribution in [2.45, 2.75) is 51.2 Å². The van der Waals surface area contributed by atoms with E-state index in [2.05, 4.69) is 28.2 Å². The van der Waals surface area contributed by atoms with Gasteiger partial charge in [-0.15, -0.1) is 0 Å². The van der Waals surface area contributed by atoms with E-state index in [1.165, 1.54) is 0 Å². The summed E-state index contributed by atoms with van der Waals surface area (Å²) in [6.45, 7) is 2.03. The summed E-state index contributed by atoms with van der Waals surface area (Å²) >= 11 is 0. The minimum Gasteiger partial charge on any atom is -0.391 e. The van der Waals surface area contributed by atoms with Crippen LogP contribution in [0.2, 0.25) is 0 Å². The molecular formula is C25H26N3O2+. The number of aryl methyl sites for hydroxylation is 1. The van der Waals surface area contributed by atoms with E-state index in [0.29, 0.717) is 5.39 Å². The van der Waals surface area contributed by atoms with Crippen molar-refractivity contribution in [2.24, 2.45) is 0 Å². The van der Waals surface area contributed by atoms with Gasteiger partial charge in [-0.05, 0) is 35.9 Å². The summed E-state index contributed by atoms with van der Waals surface area (Å²) in [6, 6.07) is 14.1. The molecule has 1 unspecified atom stereocenters. The molecule has 2 heterocycles. The largest absolute Gasteiger partial charge is 0.391 e. The van der Waals surface area contributed by atoms with Gasteiger partial charge in [-0.2, -0.15) is 0 Å². The lowest BCUT2D eigenvalue weighted by Crippen LogP contribution is -2.34. The van der Waals surface area contributed by atoms with Crippen LogP contribution in [0.1, 0.15) is 48.5 Å². The number of fused-ring (bicyclic) bond motifs is 3. The number of aliphatic hydroxyl groups excluding tert-OH is 1. The predicted molar refractivity (Wildman–Crippen MR) is 118 cm³/mol. The minimum atomic E-state index is -0.487. The Morgan fingerprint density at radius 1 is 1.10 bits per heavy atom. The van der Waals surface area contributed by atoms with Crippen molar-refractivity contribution >= 4 is 21.7 Å². The summed E-state index contributed by atoms with van der Waals surface area (Å²) in [6.07, 6.45) is 7.48. The highest BCUT2D eigenvalue weighted by atomic mass is 16.3. The van der Waals surface area contributed by atoms with Gasteiger partial charge in [0, 0.05) is 30.4 Å². The van der Waals surface area contributed by atoms with Gasteiger partial charge in [0.15, 0.2) is 11.9 Å². The van der Waals surface area contributed by atoms with Gasteiger partial charge >= 0.3 is 0 Å². The molecule has 5 nitrogen and oxygen atoms in total. The molecule has 0 aliphatic heterocycles. The number of hydrogen-bond acceptors (Lipinski definition) is 3. The lowest BCUT2D eigenvalue weighted by atomic mass is 9.92. The fourth-order valence-corrected chi connectivity index (χ4v) is 4.71. The number of hydrogen-bond donors (Lipinski definition) is 1. The third-order valence-electron chi connectivity index (χ3n) is 6.36. The number of aromatic amines is 1. The first-order valence-corrected chi connectivity index (χ1v) is 10.7. The molecule has 5 heteroatoms. The minimum absolute atomic E-state index is 0.0616. The molecule has 0 saturated heterocycles. The standard InChI is InChI=1S/C25H25N3O2/c1-16-10-11-17(14-26-16)12-18-13-21-24(20-7-3-2-6-19(18)20)27-15-28(25(21)30)22-8-4-5-9-23(22)29/h2-3,6-7,10-11,13-15,22-23,29H,4-5,8-9,12H2,1H3/p+1/t22-,23?/m0/s1. The Morgan fingerprint density at radius 2 is 1.90 bits per heavy atom. The van der Waals surface area contributed by atoms with Gasteiger partial charge in [0.25, 0.3) is 5.56 Å². The number of rotatable bonds is 3. The van der Waals surface area contributed by atoms with Gasteiger partial charge in [0.2, 0.25) is 0 Å². The molecule has 5 rings (SSSR count). The maximum absolute atomic E-state index is 13.5. The number of H-pyrrole nitrogens is 1. The number of nitrogens with zero attached hydrogens (tertiary/aromatic N) is 2. The Balaban J connectivity index is 1.70. The van der Waals surface area contributed by atoms with Crippen LogP contribution in [0, 0.1) is 6.92 Å². The summed E-state index contributed by atoms with van der Waals surface area (Å²) in [5.41, 5.74) is 4.05. The molecule has 4 aromatic rings. The first-order valence-electron chi connectivity index (χ1n) is 10.7. The lowest BCUT2D eigenvalue weighted by Gasteiger charge is -2.29. The molecule has 2 N–H and O–H groups in total. The van der Waals surface area contributed by atoms with Crippen molar-refractivity contribution in [3.8, 4) is 0 Å². The van der Waals surface area contributed by atoms with Gasteiger partial charge in [-0.1, -0.05) is 37.1 Å². The normalized spacial score (nSPS) is 19.4. The van der Waals surface area contributed by atoms with E-state index in [1.54, 1.807) is 10.9 Å². The van der Waals surface area contributed by atoms with Crippen molar-refractivity contribution in [2.75, 3.05) is 0 Å². The van der Waals surface area contributed by atoms with Crippen molar-refractivity contribution in [1.29, 1.82) is 0 Å². The zero-order valence-corrected chi connectivity index (χ0v) is 17.1. The van der Waals surface area contributed by atoms with Crippen molar-refractivity contribution in [3.05, 3.63) is 82.2 Å². The number of nitrogens with one attached hydrogen (secondary N) is 1. The Bertz CT molecular complexity index is 1280. The summed E-state index contributed by atoms with van der Waals surface area (Å²) in [5, 5.41) is 13.2. The molecule has 1 saturated carbocycles. The van der Waals surface area contributed by atoms with Crippen LogP contribution in [0.4, 0.5) is 0 Å². The van der Waals surface area contributed by atoms with E-state index in [-0.39, 0.29) is 11.6 Å².